The molecule has 1 aromatic heterocycles. The summed E-state index contributed by atoms with van der Waals surface area (Å²) in [6.45, 7) is 5.92. The van der Waals surface area contributed by atoms with Gasteiger partial charge in [0.1, 0.15) is 0 Å². The van der Waals surface area contributed by atoms with Crippen LogP contribution < -0.4 is 10.1 Å². The van der Waals surface area contributed by atoms with Gasteiger partial charge in [0, 0.05) is 18.8 Å². The third kappa shape index (κ3) is 3.32. The van der Waals surface area contributed by atoms with E-state index in [1.807, 2.05) is 26.1 Å². The molecule has 2 aromatic rings. The molecule has 0 aliphatic rings. The van der Waals surface area contributed by atoms with Crippen LogP contribution in [0.3, 0.4) is 0 Å². The highest BCUT2D eigenvalue weighted by molar-refractivity contribution is 5.38. The number of halogens is 1. The summed E-state index contributed by atoms with van der Waals surface area (Å²) in [6, 6.07) is 6.75. The van der Waals surface area contributed by atoms with Gasteiger partial charge in [0.05, 0.1) is 18.0 Å². The summed E-state index contributed by atoms with van der Waals surface area (Å²) in [6.07, 6.45) is 1.82. The van der Waals surface area contributed by atoms with Gasteiger partial charge in [0.2, 0.25) is 0 Å². The van der Waals surface area contributed by atoms with Gasteiger partial charge in [-0.2, -0.15) is 5.10 Å². The van der Waals surface area contributed by atoms with E-state index in [1.165, 1.54) is 6.07 Å². The predicted molar refractivity (Wildman–Crippen MR) is 72.1 cm³/mol. The molecule has 0 aliphatic heterocycles. The van der Waals surface area contributed by atoms with Crippen LogP contribution in [0.25, 0.3) is 5.69 Å². The summed E-state index contributed by atoms with van der Waals surface area (Å²) in [7, 11) is 0. The summed E-state index contributed by atoms with van der Waals surface area (Å²) < 4.78 is 20.6. The lowest BCUT2D eigenvalue weighted by Crippen LogP contribution is -2.12. The zero-order chi connectivity index (χ0) is 13.7. The highest BCUT2D eigenvalue weighted by atomic mass is 19.1. The molecule has 1 heterocycles. The zero-order valence-corrected chi connectivity index (χ0v) is 11.2. The first kappa shape index (κ1) is 13.5. The van der Waals surface area contributed by atoms with E-state index in [4.69, 9.17) is 4.74 Å². The maximum atomic E-state index is 13.8. The Labute approximate surface area is 112 Å². The van der Waals surface area contributed by atoms with Gasteiger partial charge < -0.3 is 10.1 Å². The third-order valence-corrected chi connectivity index (χ3v) is 2.68. The van der Waals surface area contributed by atoms with E-state index < -0.39 is 0 Å². The van der Waals surface area contributed by atoms with Crippen LogP contribution in [0, 0.1) is 5.82 Å². The fourth-order valence-electron chi connectivity index (χ4n) is 1.76. The molecule has 0 aliphatic carbocycles. The lowest BCUT2D eigenvalue weighted by molar-refractivity contribution is 0.321. The molecule has 0 unspecified atom stereocenters. The van der Waals surface area contributed by atoms with Crippen molar-refractivity contribution in [1.82, 2.24) is 15.1 Å². The largest absolute Gasteiger partial charge is 0.491 e. The third-order valence-electron chi connectivity index (χ3n) is 2.68. The Balaban J connectivity index is 2.17. The van der Waals surface area contributed by atoms with E-state index in [0.29, 0.717) is 18.8 Å². The Bertz CT molecular complexity index is 539. The highest BCUT2D eigenvalue weighted by Gasteiger charge is 2.06. The second-order valence-electron chi connectivity index (χ2n) is 4.08. The number of rotatable bonds is 6. The maximum Gasteiger partial charge on any atom is 0.167 e. The van der Waals surface area contributed by atoms with Crippen LogP contribution in [0.5, 0.6) is 5.75 Å². The molecule has 4 nitrogen and oxygen atoms in total. The van der Waals surface area contributed by atoms with Crippen molar-refractivity contribution in [2.24, 2.45) is 0 Å². The average molecular weight is 263 g/mol. The second-order valence-corrected chi connectivity index (χ2v) is 4.08. The lowest BCUT2D eigenvalue weighted by Gasteiger charge is -2.07. The molecule has 0 radical (unpaired) electrons. The zero-order valence-electron chi connectivity index (χ0n) is 11.2. The van der Waals surface area contributed by atoms with E-state index in [0.717, 1.165) is 12.2 Å². The van der Waals surface area contributed by atoms with Crippen molar-refractivity contribution in [3.8, 4) is 11.4 Å². The van der Waals surface area contributed by atoms with Crippen LogP contribution in [-0.4, -0.2) is 22.9 Å². The number of hydrogen-bond acceptors (Lipinski definition) is 3. The molecule has 0 saturated carbocycles. The summed E-state index contributed by atoms with van der Waals surface area (Å²) in [5.41, 5.74) is 1.61. The summed E-state index contributed by atoms with van der Waals surface area (Å²) in [4.78, 5) is 0. The highest BCUT2D eigenvalue weighted by Crippen LogP contribution is 2.20. The molecule has 0 bridgehead atoms. The van der Waals surface area contributed by atoms with Crippen molar-refractivity contribution in [3.63, 3.8) is 0 Å². The summed E-state index contributed by atoms with van der Waals surface area (Å²) >= 11 is 0. The molecule has 0 saturated heterocycles. The van der Waals surface area contributed by atoms with Crippen LogP contribution in [0.1, 0.15) is 19.5 Å². The van der Waals surface area contributed by atoms with Crippen LogP contribution in [0.2, 0.25) is 0 Å². The van der Waals surface area contributed by atoms with Crippen molar-refractivity contribution in [2.75, 3.05) is 13.2 Å². The molecular formula is C14H18FN3O. The first-order valence-corrected chi connectivity index (χ1v) is 6.42. The molecule has 5 heteroatoms. The minimum Gasteiger partial charge on any atom is -0.491 e. The van der Waals surface area contributed by atoms with Gasteiger partial charge in [-0.25, -0.2) is 9.07 Å². The number of aromatic nitrogens is 2. The minimum absolute atomic E-state index is 0.270. The number of ether oxygens (including phenoxy) is 1. The quantitative estimate of drug-likeness (QED) is 0.870. The molecule has 2 rings (SSSR count). The fourth-order valence-corrected chi connectivity index (χ4v) is 1.76. The van der Waals surface area contributed by atoms with Gasteiger partial charge in [-0.05, 0) is 31.7 Å². The van der Waals surface area contributed by atoms with Gasteiger partial charge in [0.25, 0.3) is 0 Å². The van der Waals surface area contributed by atoms with Crippen molar-refractivity contribution in [2.45, 2.75) is 20.4 Å². The minimum atomic E-state index is -0.372. The molecule has 19 heavy (non-hydrogen) atoms. The molecule has 102 valence electrons. The number of nitrogens with zero attached hydrogens (tertiary/aromatic N) is 2. The average Bonchev–Trinajstić information content (AvgIpc) is 2.88. The molecule has 0 atom stereocenters. The van der Waals surface area contributed by atoms with Crippen LogP contribution in [0.15, 0.2) is 30.5 Å². The van der Waals surface area contributed by atoms with Crippen molar-refractivity contribution in [3.05, 3.63) is 42.0 Å². The standard InChI is InChI=1S/C14H18FN3O/c1-3-16-10-11-7-8-18(17-11)12-5-6-14(19-4-2)13(15)9-12/h5-9,16H,3-4,10H2,1-2H3. The normalized spacial score (nSPS) is 10.7. The smallest absolute Gasteiger partial charge is 0.167 e. The van der Waals surface area contributed by atoms with E-state index in [-0.39, 0.29) is 11.6 Å². The van der Waals surface area contributed by atoms with E-state index in [1.54, 1.807) is 16.8 Å². The van der Waals surface area contributed by atoms with Crippen molar-refractivity contribution >= 4 is 0 Å². The van der Waals surface area contributed by atoms with Crippen LogP contribution >= 0.6 is 0 Å². The number of nitrogens with one attached hydrogen (secondary N) is 1. The first-order valence-electron chi connectivity index (χ1n) is 6.42. The van der Waals surface area contributed by atoms with Gasteiger partial charge in [0.15, 0.2) is 11.6 Å². The maximum absolute atomic E-state index is 13.8. The molecule has 1 N–H and O–H groups in total. The Kier molecular flexibility index (Phi) is 4.52. The first-order chi connectivity index (χ1) is 9.24. The predicted octanol–water partition coefficient (Wildman–Crippen LogP) is 2.52. The van der Waals surface area contributed by atoms with Crippen LogP contribution in [0.4, 0.5) is 4.39 Å². The van der Waals surface area contributed by atoms with Crippen LogP contribution in [-0.2, 0) is 6.54 Å². The SMILES string of the molecule is CCNCc1ccn(-c2ccc(OCC)c(F)c2)n1. The van der Waals surface area contributed by atoms with Gasteiger partial charge >= 0.3 is 0 Å². The molecule has 0 spiro atoms. The van der Waals surface area contributed by atoms with Gasteiger partial charge in [-0.1, -0.05) is 6.92 Å². The summed E-state index contributed by atoms with van der Waals surface area (Å²) in [5.74, 6) is -0.102. The molecular weight excluding hydrogens is 245 g/mol. The summed E-state index contributed by atoms with van der Waals surface area (Å²) in [5, 5.41) is 7.58. The Morgan fingerprint density at radius 3 is 2.84 bits per heavy atom. The monoisotopic (exact) mass is 263 g/mol. The molecule has 0 amide bonds. The van der Waals surface area contributed by atoms with E-state index in [2.05, 4.69) is 10.4 Å². The number of hydrogen-bond donors (Lipinski definition) is 1. The molecule has 0 fully saturated rings. The van der Waals surface area contributed by atoms with E-state index in [9.17, 15) is 4.39 Å². The number of benzene rings is 1. The Hall–Kier alpha value is -1.88. The molecule has 1 aromatic carbocycles. The topological polar surface area (TPSA) is 39.1 Å². The van der Waals surface area contributed by atoms with E-state index >= 15 is 0 Å². The lowest BCUT2D eigenvalue weighted by atomic mass is 10.3. The second kappa shape index (κ2) is 6.33. The van der Waals surface area contributed by atoms with Gasteiger partial charge in [-0.15, -0.1) is 0 Å². The fraction of sp³-hybridized carbons (Fsp3) is 0.357. The Morgan fingerprint density at radius 1 is 1.32 bits per heavy atom. The van der Waals surface area contributed by atoms with Crippen molar-refractivity contribution in [1.29, 1.82) is 0 Å². The van der Waals surface area contributed by atoms with Crippen molar-refractivity contribution < 1.29 is 9.13 Å². The Morgan fingerprint density at radius 2 is 2.16 bits per heavy atom. The van der Waals surface area contributed by atoms with Gasteiger partial charge in [-0.3, -0.25) is 0 Å².